The van der Waals surface area contributed by atoms with Gasteiger partial charge in [0.1, 0.15) is 23.2 Å². The third-order valence-corrected chi connectivity index (χ3v) is 8.73. The standard InChI is InChI=1S/C34H30F8N4O5/c1-16-12-22(33(37,38)39)26(31(48)45(16)3)21-8-7-18(20-6-5-9-43-28(20)21)13-25(32(49)50-4)44-30(47)27-23(35)14-19(15-24(27)36)46-10-11-51-17(2)29(46)34(40,41)42/h5-9,12,14-15,17,25,29H,10-11,13H2,1-4H3,(H,44,47)/t17-,25-,29-/m0/s1. The Morgan fingerprint density at radius 3 is 2.35 bits per heavy atom. The first kappa shape index (κ1) is 37.2. The van der Waals surface area contributed by atoms with Gasteiger partial charge in [-0.25, -0.2) is 13.6 Å². The first-order chi connectivity index (χ1) is 23.8. The summed E-state index contributed by atoms with van der Waals surface area (Å²) in [6, 6.07) is 3.57. The van der Waals surface area contributed by atoms with Crippen molar-refractivity contribution in [1.82, 2.24) is 14.9 Å². The lowest BCUT2D eigenvalue weighted by molar-refractivity contribution is -0.183. The molecule has 3 heterocycles. The number of esters is 1. The summed E-state index contributed by atoms with van der Waals surface area (Å²) in [5, 5.41) is 2.38. The number of aryl methyl sites for hydroxylation is 1. The van der Waals surface area contributed by atoms with Crippen LogP contribution in [0, 0.1) is 18.6 Å². The smallest absolute Gasteiger partial charge is 0.417 e. The summed E-state index contributed by atoms with van der Waals surface area (Å²) in [5.41, 5.74) is -4.37. The molecule has 0 saturated carbocycles. The number of hydrogen-bond donors (Lipinski definition) is 1. The summed E-state index contributed by atoms with van der Waals surface area (Å²) in [6.07, 6.45) is -10.2. The van der Waals surface area contributed by atoms with Gasteiger partial charge in [0.2, 0.25) is 0 Å². The van der Waals surface area contributed by atoms with Gasteiger partial charge >= 0.3 is 18.3 Å². The Morgan fingerprint density at radius 1 is 1.08 bits per heavy atom. The number of anilines is 1. The molecule has 272 valence electrons. The molecule has 0 aliphatic carbocycles. The number of hydrogen-bond acceptors (Lipinski definition) is 7. The van der Waals surface area contributed by atoms with E-state index in [1.807, 2.05) is 0 Å². The Balaban J connectivity index is 1.50. The topological polar surface area (TPSA) is 103 Å². The van der Waals surface area contributed by atoms with E-state index in [1.165, 1.54) is 51.4 Å². The van der Waals surface area contributed by atoms with Crippen LogP contribution in [0.15, 0.2) is 53.5 Å². The van der Waals surface area contributed by atoms with Crippen LogP contribution in [-0.4, -0.2) is 66.1 Å². The number of fused-ring (bicyclic) bond motifs is 1. The second-order valence-corrected chi connectivity index (χ2v) is 11.9. The van der Waals surface area contributed by atoms with E-state index in [9.17, 15) is 40.7 Å². The summed E-state index contributed by atoms with van der Waals surface area (Å²) in [6.45, 7) is 2.01. The van der Waals surface area contributed by atoms with Crippen molar-refractivity contribution >= 4 is 28.5 Å². The average Bonchev–Trinajstić information content (AvgIpc) is 3.05. The summed E-state index contributed by atoms with van der Waals surface area (Å²) < 4.78 is 125. The van der Waals surface area contributed by atoms with Crippen molar-refractivity contribution in [3.63, 3.8) is 0 Å². The van der Waals surface area contributed by atoms with Crippen molar-refractivity contribution in [1.29, 1.82) is 0 Å². The Hall–Kier alpha value is -5.06. The molecule has 1 aliphatic heterocycles. The third kappa shape index (κ3) is 7.25. The van der Waals surface area contributed by atoms with Crippen LogP contribution in [0.2, 0.25) is 0 Å². The molecule has 2 aromatic carbocycles. The molecule has 1 fully saturated rings. The lowest BCUT2D eigenvalue weighted by Crippen LogP contribution is -2.57. The number of halogens is 8. The van der Waals surface area contributed by atoms with Crippen LogP contribution in [0.3, 0.4) is 0 Å². The highest BCUT2D eigenvalue weighted by atomic mass is 19.4. The van der Waals surface area contributed by atoms with Crippen LogP contribution in [0.5, 0.6) is 0 Å². The maximum Gasteiger partial charge on any atom is 0.417 e. The molecule has 3 atom stereocenters. The number of amides is 1. The minimum atomic E-state index is -4.91. The monoisotopic (exact) mass is 726 g/mol. The zero-order valence-corrected chi connectivity index (χ0v) is 27.4. The van der Waals surface area contributed by atoms with Gasteiger partial charge in [0, 0.05) is 48.5 Å². The maximum absolute atomic E-state index is 15.3. The highest BCUT2D eigenvalue weighted by molar-refractivity contribution is 5.99. The van der Waals surface area contributed by atoms with Gasteiger partial charge in [-0.1, -0.05) is 18.2 Å². The minimum absolute atomic E-state index is 0.0429. The molecule has 1 N–H and O–H groups in total. The fourth-order valence-corrected chi connectivity index (χ4v) is 6.20. The van der Waals surface area contributed by atoms with E-state index in [4.69, 9.17) is 9.47 Å². The van der Waals surface area contributed by atoms with Crippen molar-refractivity contribution in [3.05, 3.63) is 93.0 Å². The molecule has 51 heavy (non-hydrogen) atoms. The van der Waals surface area contributed by atoms with Crippen molar-refractivity contribution in [2.45, 2.75) is 50.8 Å². The lowest BCUT2D eigenvalue weighted by Gasteiger charge is -2.42. The Bertz CT molecular complexity index is 2040. The van der Waals surface area contributed by atoms with Gasteiger partial charge in [0.25, 0.3) is 11.5 Å². The number of aromatic nitrogens is 2. The van der Waals surface area contributed by atoms with Crippen LogP contribution in [0.4, 0.5) is 40.8 Å². The quantitative estimate of drug-likeness (QED) is 0.188. The van der Waals surface area contributed by atoms with E-state index in [0.29, 0.717) is 12.1 Å². The summed E-state index contributed by atoms with van der Waals surface area (Å²) >= 11 is 0. The van der Waals surface area contributed by atoms with Crippen LogP contribution in [-0.2, 0) is 33.9 Å². The van der Waals surface area contributed by atoms with E-state index in [0.717, 1.165) is 22.6 Å². The number of alkyl halides is 6. The number of benzene rings is 2. The molecule has 1 saturated heterocycles. The highest BCUT2D eigenvalue weighted by Gasteiger charge is 2.49. The van der Waals surface area contributed by atoms with Crippen LogP contribution >= 0.6 is 0 Å². The molecule has 0 radical (unpaired) electrons. The largest absolute Gasteiger partial charge is 0.467 e. The molecule has 4 aromatic rings. The molecule has 0 spiro atoms. The fraction of sp³-hybridized carbons (Fsp3) is 0.353. The molecular formula is C34H30F8N4O5. The SMILES string of the molecule is COC(=O)[C@H](Cc1ccc(-c2c(C(F)(F)F)cc(C)n(C)c2=O)c2ncccc12)NC(=O)c1c(F)cc(N2CCO[C@@H](C)[C@H]2C(F)(F)F)cc1F. The zero-order valence-electron chi connectivity index (χ0n) is 27.4. The number of nitrogens with zero attached hydrogens (tertiary/aromatic N) is 3. The second-order valence-electron chi connectivity index (χ2n) is 11.9. The summed E-state index contributed by atoms with van der Waals surface area (Å²) in [7, 11) is 2.29. The molecular weight excluding hydrogens is 696 g/mol. The van der Waals surface area contributed by atoms with Gasteiger partial charge in [-0.05, 0) is 43.7 Å². The molecule has 0 bridgehead atoms. The van der Waals surface area contributed by atoms with Gasteiger partial charge in [-0.15, -0.1) is 0 Å². The minimum Gasteiger partial charge on any atom is -0.467 e. The first-order valence-electron chi connectivity index (χ1n) is 15.3. The first-order valence-corrected chi connectivity index (χ1v) is 15.3. The van der Waals surface area contributed by atoms with E-state index in [-0.39, 0.29) is 40.9 Å². The van der Waals surface area contributed by atoms with E-state index in [2.05, 4.69) is 10.3 Å². The van der Waals surface area contributed by atoms with Crippen molar-refractivity contribution in [2.24, 2.45) is 7.05 Å². The third-order valence-electron chi connectivity index (χ3n) is 8.73. The number of carbonyl (C=O) groups is 2. The predicted molar refractivity (Wildman–Crippen MR) is 168 cm³/mol. The van der Waals surface area contributed by atoms with Crippen molar-refractivity contribution in [2.75, 3.05) is 25.2 Å². The molecule has 17 heteroatoms. The summed E-state index contributed by atoms with van der Waals surface area (Å²) in [4.78, 5) is 44.2. The van der Waals surface area contributed by atoms with Gasteiger partial charge < -0.3 is 24.3 Å². The zero-order chi connectivity index (χ0) is 37.6. The average molecular weight is 727 g/mol. The van der Waals surface area contributed by atoms with E-state index in [1.54, 1.807) is 0 Å². The van der Waals surface area contributed by atoms with Crippen LogP contribution < -0.4 is 15.8 Å². The Morgan fingerprint density at radius 2 is 1.75 bits per heavy atom. The maximum atomic E-state index is 15.3. The van der Waals surface area contributed by atoms with Crippen molar-refractivity contribution < 1.29 is 54.2 Å². The normalized spacial score (nSPS) is 17.4. The molecule has 1 amide bonds. The molecule has 5 rings (SSSR count). The molecule has 9 nitrogen and oxygen atoms in total. The highest BCUT2D eigenvalue weighted by Crippen LogP contribution is 2.39. The van der Waals surface area contributed by atoms with Gasteiger partial charge in [0.15, 0.2) is 6.04 Å². The van der Waals surface area contributed by atoms with Gasteiger partial charge in [-0.2, -0.15) is 26.3 Å². The number of nitrogens with one attached hydrogen (secondary N) is 1. The fourth-order valence-electron chi connectivity index (χ4n) is 6.20. The predicted octanol–water partition coefficient (Wildman–Crippen LogP) is 5.88. The van der Waals surface area contributed by atoms with Crippen LogP contribution in [0.25, 0.3) is 22.0 Å². The second kappa shape index (κ2) is 13.9. The number of morpholine rings is 1. The van der Waals surface area contributed by atoms with E-state index >= 15 is 8.78 Å². The van der Waals surface area contributed by atoms with Gasteiger partial charge in [0.05, 0.1) is 36.5 Å². The number of rotatable bonds is 7. The summed E-state index contributed by atoms with van der Waals surface area (Å²) in [5.74, 6) is -5.52. The van der Waals surface area contributed by atoms with E-state index < -0.39 is 88.4 Å². The Labute approximate surface area is 284 Å². The van der Waals surface area contributed by atoms with Crippen LogP contribution in [0.1, 0.15) is 34.1 Å². The van der Waals surface area contributed by atoms with Crippen molar-refractivity contribution in [3.8, 4) is 11.1 Å². The lowest BCUT2D eigenvalue weighted by atomic mass is 9.93. The van der Waals surface area contributed by atoms with Gasteiger partial charge in [-0.3, -0.25) is 14.6 Å². The number of pyridine rings is 2. The Kier molecular flexibility index (Phi) is 10.2. The molecule has 0 unspecified atom stereocenters. The number of ether oxygens (including phenoxy) is 2. The number of methoxy groups -OCH3 is 1. The molecule has 1 aliphatic rings. The number of carbonyl (C=O) groups excluding carboxylic acids is 2. The molecule has 2 aromatic heterocycles.